The summed E-state index contributed by atoms with van der Waals surface area (Å²) in [4.78, 5) is 8.33. The van der Waals surface area contributed by atoms with Gasteiger partial charge in [0.15, 0.2) is 5.65 Å². The standard InChI is InChI=1S/C16H17N5O.2C2H6.B/c1-2-21-15-13(14(17)18-9-19-15)16(20-21)22-12-8-7-10-5-3-4-6-11(10)12;2*1-2;/h3-6,8-11H,2,7H2,1H3,(H2,17,18,19);2*1-2H3;. The zero-order chi connectivity index (χ0) is 19.1. The second-order valence-corrected chi connectivity index (χ2v) is 5.48. The van der Waals surface area contributed by atoms with E-state index in [1.807, 2.05) is 34.6 Å². The fraction of sp³-hybridized carbons (Fsp3) is 0.450. The number of nitrogen functional groups attached to an aromatic ring is 1. The monoisotopic (exact) mass is 366 g/mol. The molecule has 143 valence electrons. The van der Waals surface area contributed by atoms with Crippen molar-refractivity contribution in [1.82, 2.24) is 19.7 Å². The number of aryl methyl sites for hydroxylation is 1. The molecular formula is C20H29BN5O. The number of allylic oxidation sites excluding steroid dienone is 5. The van der Waals surface area contributed by atoms with Gasteiger partial charge in [-0.25, -0.2) is 14.6 Å². The Morgan fingerprint density at radius 2 is 1.85 bits per heavy atom. The van der Waals surface area contributed by atoms with Gasteiger partial charge in [0.2, 0.25) is 0 Å². The minimum atomic E-state index is 0. The Morgan fingerprint density at radius 3 is 2.56 bits per heavy atom. The Balaban J connectivity index is 0.000000686. The number of nitrogens with zero attached hydrogens (tertiary/aromatic N) is 4. The molecule has 2 atom stereocenters. The molecule has 2 N–H and O–H groups in total. The Kier molecular flexibility index (Phi) is 8.78. The first-order valence-corrected chi connectivity index (χ1v) is 9.47. The first kappa shape index (κ1) is 22.5. The van der Waals surface area contributed by atoms with Crippen molar-refractivity contribution < 1.29 is 4.74 Å². The van der Waals surface area contributed by atoms with E-state index in [0.717, 1.165) is 12.2 Å². The van der Waals surface area contributed by atoms with Crippen molar-refractivity contribution in [3.63, 3.8) is 0 Å². The van der Waals surface area contributed by atoms with Crippen LogP contribution in [0.1, 0.15) is 41.0 Å². The van der Waals surface area contributed by atoms with Crippen LogP contribution in [0.25, 0.3) is 11.0 Å². The number of rotatable bonds is 3. The van der Waals surface area contributed by atoms with Gasteiger partial charge in [-0.15, -0.1) is 5.10 Å². The van der Waals surface area contributed by atoms with E-state index in [-0.39, 0.29) is 14.3 Å². The van der Waals surface area contributed by atoms with Gasteiger partial charge >= 0.3 is 0 Å². The Bertz CT molecular complexity index is 825. The van der Waals surface area contributed by atoms with Gasteiger partial charge in [-0.2, -0.15) is 0 Å². The minimum absolute atomic E-state index is 0. The molecule has 0 saturated carbocycles. The molecular weight excluding hydrogens is 337 g/mol. The summed E-state index contributed by atoms with van der Waals surface area (Å²) in [6, 6.07) is 0. The molecule has 0 saturated heterocycles. The topological polar surface area (TPSA) is 78.9 Å². The fourth-order valence-corrected chi connectivity index (χ4v) is 3.08. The summed E-state index contributed by atoms with van der Waals surface area (Å²) in [5.41, 5.74) is 6.71. The maximum atomic E-state index is 6.11. The molecule has 0 aromatic carbocycles. The fourth-order valence-electron chi connectivity index (χ4n) is 3.08. The van der Waals surface area contributed by atoms with Crippen LogP contribution in [-0.4, -0.2) is 28.2 Å². The molecule has 3 radical (unpaired) electrons. The number of fused-ring (bicyclic) bond motifs is 2. The maximum Gasteiger partial charge on any atom is 0.251 e. The van der Waals surface area contributed by atoms with E-state index in [2.05, 4.69) is 45.4 Å². The first-order chi connectivity index (χ1) is 12.8. The van der Waals surface area contributed by atoms with E-state index in [9.17, 15) is 0 Å². The molecule has 2 heterocycles. The third-order valence-corrected chi connectivity index (χ3v) is 4.21. The van der Waals surface area contributed by atoms with E-state index in [1.165, 1.54) is 6.33 Å². The zero-order valence-electron chi connectivity index (χ0n) is 16.9. The zero-order valence-corrected chi connectivity index (χ0v) is 16.9. The highest BCUT2D eigenvalue weighted by atomic mass is 16.5. The molecule has 2 aromatic rings. The number of nitrogens with two attached hydrogens (primary N) is 1. The van der Waals surface area contributed by atoms with E-state index in [1.54, 1.807) is 4.68 Å². The summed E-state index contributed by atoms with van der Waals surface area (Å²) < 4.78 is 7.89. The molecule has 0 spiro atoms. The van der Waals surface area contributed by atoms with Gasteiger partial charge in [0, 0.05) is 20.9 Å². The molecule has 2 aliphatic carbocycles. The van der Waals surface area contributed by atoms with Crippen molar-refractivity contribution in [2.45, 2.75) is 47.6 Å². The largest absolute Gasteiger partial charge is 0.441 e. The highest BCUT2D eigenvalue weighted by Gasteiger charge is 2.30. The van der Waals surface area contributed by atoms with Crippen molar-refractivity contribution in [2.24, 2.45) is 11.8 Å². The Labute approximate surface area is 163 Å². The minimum Gasteiger partial charge on any atom is -0.441 e. The predicted octanol–water partition coefficient (Wildman–Crippen LogP) is 4.12. The highest BCUT2D eigenvalue weighted by Crippen LogP contribution is 2.38. The van der Waals surface area contributed by atoms with Crippen molar-refractivity contribution >= 4 is 25.3 Å². The molecule has 27 heavy (non-hydrogen) atoms. The van der Waals surface area contributed by atoms with Gasteiger partial charge in [0.05, 0.1) is 0 Å². The molecule has 0 aliphatic heterocycles. The van der Waals surface area contributed by atoms with E-state index in [0.29, 0.717) is 35.2 Å². The second kappa shape index (κ2) is 10.6. The van der Waals surface area contributed by atoms with Crippen LogP contribution in [0.2, 0.25) is 0 Å². The van der Waals surface area contributed by atoms with Gasteiger partial charge in [-0.3, -0.25) is 0 Å². The number of anilines is 1. The third-order valence-electron chi connectivity index (χ3n) is 4.21. The smallest absolute Gasteiger partial charge is 0.251 e. The lowest BCUT2D eigenvalue weighted by Gasteiger charge is -2.18. The van der Waals surface area contributed by atoms with Gasteiger partial charge in [-0.05, 0) is 25.3 Å². The van der Waals surface area contributed by atoms with Gasteiger partial charge in [0.25, 0.3) is 5.88 Å². The van der Waals surface area contributed by atoms with Crippen molar-refractivity contribution in [2.75, 3.05) is 5.73 Å². The van der Waals surface area contributed by atoms with Crippen molar-refractivity contribution in [3.05, 3.63) is 42.5 Å². The first-order valence-electron chi connectivity index (χ1n) is 9.47. The molecule has 7 heteroatoms. The summed E-state index contributed by atoms with van der Waals surface area (Å²) >= 11 is 0. The third kappa shape index (κ3) is 4.41. The molecule has 0 fully saturated rings. The van der Waals surface area contributed by atoms with Crippen LogP contribution in [0.15, 0.2) is 42.5 Å². The molecule has 6 nitrogen and oxygen atoms in total. The van der Waals surface area contributed by atoms with Crippen molar-refractivity contribution in [3.8, 4) is 5.88 Å². The molecule has 0 amide bonds. The van der Waals surface area contributed by atoms with Crippen LogP contribution < -0.4 is 10.5 Å². The van der Waals surface area contributed by atoms with E-state index >= 15 is 0 Å². The Hall–Kier alpha value is -2.57. The summed E-state index contributed by atoms with van der Waals surface area (Å²) in [5, 5.41) is 5.18. The van der Waals surface area contributed by atoms with Gasteiger partial charge in [0.1, 0.15) is 23.3 Å². The quantitative estimate of drug-likeness (QED) is 0.827. The van der Waals surface area contributed by atoms with E-state index < -0.39 is 0 Å². The molecule has 4 rings (SSSR count). The summed E-state index contributed by atoms with van der Waals surface area (Å²) in [7, 11) is 0. The average Bonchev–Trinajstić information content (AvgIpc) is 3.28. The summed E-state index contributed by atoms with van der Waals surface area (Å²) in [6.07, 6.45) is 13.1. The van der Waals surface area contributed by atoms with Gasteiger partial charge in [-0.1, -0.05) is 52.0 Å². The lowest BCUT2D eigenvalue weighted by atomic mass is 9.91. The van der Waals surface area contributed by atoms with Gasteiger partial charge < -0.3 is 10.5 Å². The Morgan fingerprint density at radius 1 is 1.15 bits per heavy atom. The summed E-state index contributed by atoms with van der Waals surface area (Å²) in [5.74, 6) is 2.57. The number of hydrogen-bond donors (Lipinski definition) is 1. The number of aromatic nitrogens is 4. The maximum absolute atomic E-state index is 6.11. The normalized spacial score (nSPS) is 19.1. The van der Waals surface area contributed by atoms with Crippen LogP contribution in [-0.2, 0) is 6.54 Å². The lowest BCUT2D eigenvalue weighted by Crippen LogP contribution is -2.12. The van der Waals surface area contributed by atoms with Crippen LogP contribution in [0, 0.1) is 11.8 Å². The molecule has 0 bridgehead atoms. The van der Waals surface area contributed by atoms with E-state index in [4.69, 9.17) is 10.5 Å². The van der Waals surface area contributed by atoms with Crippen LogP contribution in [0.3, 0.4) is 0 Å². The van der Waals surface area contributed by atoms with Crippen LogP contribution in [0.4, 0.5) is 5.82 Å². The van der Waals surface area contributed by atoms with Crippen LogP contribution >= 0.6 is 0 Å². The summed E-state index contributed by atoms with van der Waals surface area (Å²) in [6.45, 7) is 10.7. The lowest BCUT2D eigenvalue weighted by molar-refractivity contribution is 0.348. The highest BCUT2D eigenvalue weighted by molar-refractivity contribution is 5.90. The number of ether oxygens (including phenoxy) is 1. The second-order valence-electron chi connectivity index (χ2n) is 5.48. The van der Waals surface area contributed by atoms with Crippen molar-refractivity contribution in [1.29, 1.82) is 0 Å². The molecule has 2 aliphatic rings. The average molecular weight is 366 g/mol. The number of hydrogen-bond acceptors (Lipinski definition) is 5. The molecule has 2 unspecified atom stereocenters. The SMILES string of the molecule is CC.CC.CCn1nc(OC2=CCC3C=CC=CC23)c2c(N)ncnc21.[B]. The molecule has 2 aromatic heterocycles. The van der Waals surface area contributed by atoms with Crippen LogP contribution in [0.5, 0.6) is 5.88 Å². The predicted molar refractivity (Wildman–Crippen MR) is 112 cm³/mol.